The van der Waals surface area contributed by atoms with E-state index in [1.54, 1.807) is 0 Å². The molecule has 1 N–H and O–H groups in total. The molecule has 1 aliphatic carbocycles. The van der Waals surface area contributed by atoms with Crippen LogP contribution < -0.4 is 5.32 Å². The number of nitrogens with one attached hydrogen (secondary N) is 1. The predicted molar refractivity (Wildman–Crippen MR) is 52.9 cm³/mol. The molecule has 0 atom stereocenters. The quantitative estimate of drug-likeness (QED) is 0.768. The molecule has 1 nitrogen and oxygen atoms in total. The monoisotopic (exact) mass is 217 g/mol. The third-order valence-electron chi connectivity index (χ3n) is 2.19. The van der Waals surface area contributed by atoms with Crippen LogP contribution in [0.3, 0.4) is 0 Å². The molecule has 64 valence electrons. The maximum absolute atomic E-state index is 3.79. The average Bonchev–Trinajstić information content (AvgIpc) is 2.03. The van der Waals surface area contributed by atoms with Crippen LogP contribution in [0.1, 0.15) is 32.1 Å². The predicted octanol–water partition coefficient (Wildman–Crippen LogP) is 2.82. The minimum atomic E-state index is 0.748. The summed E-state index contributed by atoms with van der Waals surface area (Å²) in [5.74, 6) is 0. The summed E-state index contributed by atoms with van der Waals surface area (Å²) in [6.45, 7) is 4.71. The van der Waals surface area contributed by atoms with E-state index in [1.165, 1.54) is 32.1 Å². The minimum absolute atomic E-state index is 0.748. The Kier molecular flexibility index (Phi) is 4.16. The average molecular weight is 218 g/mol. The largest absolute Gasteiger partial charge is 0.309 e. The molecule has 11 heavy (non-hydrogen) atoms. The van der Waals surface area contributed by atoms with E-state index in [9.17, 15) is 0 Å². The molecule has 1 fully saturated rings. The molecular weight excluding hydrogens is 202 g/mol. The lowest BCUT2D eigenvalue weighted by molar-refractivity contribution is 0.384. The minimum Gasteiger partial charge on any atom is -0.309 e. The second kappa shape index (κ2) is 4.94. The Morgan fingerprint density at radius 3 is 2.55 bits per heavy atom. The van der Waals surface area contributed by atoms with Crippen LogP contribution in [0.25, 0.3) is 0 Å². The summed E-state index contributed by atoms with van der Waals surface area (Å²) < 4.78 is 1.06. The van der Waals surface area contributed by atoms with Crippen LogP contribution in [0.4, 0.5) is 0 Å². The molecule has 1 aliphatic rings. The zero-order valence-corrected chi connectivity index (χ0v) is 8.49. The lowest BCUT2D eigenvalue weighted by Gasteiger charge is -2.22. The Morgan fingerprint density at radius 1 is 1.36 bits per heavy atom. The van der Waals surface area contributed by atoms with Gasteiger partial charge in [-0.05, 0) is 12.8 Å². The van der Waals surface area contributed by atoms with Crippen LogP contribution in [-0.4, -0.2) is 12.6 Å². The molecule has 0 aliphatic heterocycles. The van der Waals surface area contributed by atoms with Crippen molar-refractivity contribution in [3.63, 3.8) is 0 Å². The van der Waals surface area contributed by atoms with Gasteiger partial charge in [-0.2, -0.15) is 0 Å². The molecule has 0 aromatic rings. The highest BCUT2D eigenvalue weighted by atomic mass is 79.9. The summed E-state index contributed by atoms with van der Waals surface area (Å²) in [5, 5.41) is 3.47. The second-order valence-corrected chi connectivity index (χ2v) is 4.35. The molecule has 0 radical (unpaired) electrons. The zero-order chi connectivity index (χ0) is 8.10. The first-order valence-electron chi connectivity index (χ1n) is 4.35. The van der Waals surface area contributed by atoms with Gasteiger partial charge in [-0.15, -0.1) is 0 Å². The second-order valence-electron chi connectivity index (χ2n) is 3.23. The molecule has 0 unspecified atom stereocenters. The van der Waals surface area contributed by atoms with Gasteiger partial charge in [-0.3, -0.25) is 0 Å². The van der Waals surface area contributed by atoms with Crippen LogP contribution >= 0.6 is 15.9 Å². The van der Waals surface area contributed by atoms with Crippen LogP contribution in [0, 0.1) is 0 Å². The molecule has 0 amide bonds. The molecule has 0 heterocycles. The van der Waals surface area contributed by atoms with Crippen LogP contribution in [0.5, 0.6) is 0 Å². The van der Waals surface area contributed by atoms with Gasteiger partial charge in [0, 0.05) is 17.1 Å². The Hall–Kier alpha value is 0.180. The van der Waals surface area contributed by atoms with E-state index < -0.39 is 0 Å². The Balaban J connectivity index is 2.09. The molecule has 0 bridgehead atoms. The summed E-state index contributed by atoms with van der Waals surface area (Å²) in [6, 6.07) is 0.748. The lowest BCUT2D eigenvalue weighted by atomic mass is 9.96. The van der Waals surface area contributed by atoms with Crippen molar-refractivity contribution in [2.45, 2.75) is 38.1 Å². The first-order valence-corrected chi connectivity index (χ1v) is 5.15. The van der Waals surface area contributed by atoms with Crippen molar-refractivity contribution in [3.8, 4) is 0 Å². The van der Waals surface area contributed by atoms with Gasteiger partial charge < -0.3 is 5.32 Å². The van der Waals surface area contributed by atoms with Gasteiger partial charge in [-0.25, -0.2) is 0 Å². The number of hydrogen-bond acceptors (Lipinski definition) is 1. The summed E-state index contributed by atoms with van der Waals surface area (Å²) >= 11 is 3.34. The van der Waals surface area contributed by atoms with Crippen LogP contribution in [-0.2, 0) is 0 Å². The van der Waals surface area contributed by atoms with Gasteiger partial charge in [0.25, 0.3) is 0 Å². The summed E-state index contributed by atoms with van der Waals surface area (Å²) in [4.78, 5) is 0. The number of halogens is 1. The maximum Gasteiger partial charge on any atom is 0.0268 e. The Labute approximate surface area is 77.4 Å². The van der Waals surface area contributed by atoms with Crippen molar-refractivity contribution in [1.29, 1.82) is 0 Å². The standard InChI is InChI=1S/C9H16BrN/c1-8(10)7-11-9-5-3-2-4-6-9/h9,11H,1-7H2. The molecule has 2 heteroatoms. The van der Waals surface area contributed by atoms with Crippen LogP contribution in [0.15, 0.2) is 11.1 Å². The highest BCUT2D eigenvalue weighted by Gasteiger charge is 2.11. The van der Waals surface area contributed by atoms with E-state index in [-0.39, 0.29) is 0 Å². The molecule has 0 saturated heterocycles. The molecule has 1 rings (SSSR count). The normalized spacial score (nSPS) is 20.1. The molecule has 0 aromatic heterocycles. The Bertz CT molecular complexity index is 128. The third kappa shape index (κ3) is 3.92. The summed E-state index contributed by atoms with van der Waals surface area (Å²) in [7, 11) is 0. The summed E-state index contributed by atoms with van der Waals surface area (Å²) in [6.07, 6.45) is 6.91. The molecule has 0 spiro atoms. The van der Waals surface area contributed by atoms with Crippen molar-refractivity contribution >= 4 is 15.9 Å². The van der Waals surface area contributed by atoms with Gasteiger partial charge in [0.05, 0.1) is 0 Å². The van der Waals surface area contributed by atoms with Crippen molar-refractivity contribution in [2.24, 2.45) is 0 Å². The van der Waals surface area contributed by atoms with Gasteiger partial charge in [0.1, 0.15) is 0 Å². The molecular formula is C9H16BrN. The maximum atomic E-state index is 3.79. The van der Waals surface area contributed by atoms with Crippen molar-refractivity contribution in [1.82, 2.24) is 5.32 Å². The van der Waals surface area contributed by atoms with E-state index in [2.05, 4.69) is 27.8 Å². The highest BCUT2D eigenvalue weighted by molar-refractivity contribution is 9.11. The smallest absolute Gasteiger partial charge is 0.0268 e. The van der Waals surface area contributed by atoms with E-state index in [1.807, 2.05) is 0 Å². The van der Waals surface area contributed by atoms with E-state index >= 15 is 0 Å². The molecule has 0 aromatic carbocycles. The van der Waals surface area contributed by atoms with Gasteiger partial charge in [0.2, 0.25) is 0 Å². The van der Waals surface area contributed by atoms with E-state index in [0.29, 0.717) is 0 Å². The third-order valence-corrected chi connectivity index (χ3v) is 2.47. The van der Waals surface area contributed by atoms with Gasteiger partial charge in [0.15, 0.2) is 0 Å². The number of hydrogen-bond donors (Lipinski definition) is 1. The van der Waals surface area contributed by atoms with Crippen molar-refractivity contribution in [2.75, 3.05) is 6.54 Å². The van der Waals surface area contributed by atoms with Gasteiger partial charge in [-0.1, -0.05) is 41.8 Å². The molecule has 1 saturated carbocycles. The van der Waals surface area contributed by atoms with Gasteiger partial charge >= 0.3 is 0 Å². The zero-order valence-electron chi connectivity index (χ0n) is 6.91. The SMILES string of the molecule is C=C(Br)CNC1CCCCC1. The number of rotatable bonds is 3. The van der Waals surface area contributed by atoms with E-state index in [4.69, 9.17) is 0 Å². The van der Waals surface area contributed by atoms with Crippen molar-refractivity contribution < 1.29 is 0 Å². The lowest BCUT2D eigenvalue weighted by Crippen LogP contribution is -2.31. The fourth-order valence-corrected chi connectivity index (χ4v) is 1.72. The first kappa shape index (κ1) is 9.27. The fourth-order valence-electron chi connectivity index (χ4n) is 1.56. The van der Waals surface area contributed by atoms with Crippen molar-refractivity contribution in [3.05, 3.63) is 11.1 Å². The highest BCUT2D eigenvalue weighted by Crippen LogP contribution is 2.17. The topological polar surface area (TPSA) is 12.0 Å². The van der Waals surface area contributed by atoms with E-state index in [0.717, 1.165) is 17.1 Å². The summed E-state index contributed by atoms with van der Waals surface area (Å²) in [5.41, 5.74) is 0. The first-order chi connectivity index (χ1) is 5.29. The fraction of sp³-hybridized carbons (Fsp3) is 0.778. The van der Waals surface area contributed by atoms with Crippen LogP contribution in [0.2, 0.25) is 0 Å². The Morgan fingerprint density at radius 2 is 2.00 bits per heavy atom.